The number of hydrogen-bond donors (Lipinski definition) is 1. The highest BCUT2D eigenvalue weighted by atomic mass is 32.2. The van der Waals surface area contributed by atoms with Crippen molar-refractivity contribution >= 4 is 34.1 Å². The first-order chi connectivity index (χ1) is 13.6. The number of nitriles is 1. The number of hydrogen-bond acceptors (Lipinski definition) is 7. The van der Waals surface area contributed by atoms with Crippen LogP contribution < -0.4 is 10.1 Å². The van der Waals surface area contributed by atoms with Crippen LogP contribution >= 0.6 is 23.1 Å². The Kier molecular flexibility index (Phi) is 6.63. The summed E-state index contributed by atoms with van der Waals surface area (Å²) in [5.41, 5.74) is 3.01. The van der Waals surface area contributed by atoms with E-state index < -0.39 is 0 Å². The number of pyridine rings is 1. The van der Waals surface area contributed by atoms with Gasteiger partial charge in [-0.2, -0.15) is 5.26 Å². The number of thioether (sulfide) groups is 1. The highest BCUT2D eigenvalue weighted by Crippen LogP contribution is 2.32. The number of rotatable bonds is 7. The molecule has 3 rings (SSSR count). The molecule has 0 atom stereocenters. The monoisotopic (exact) mass is 410 g/mol. The topological polar surface area (TPSA) is 87.9 Å². The van der Waals surface area contributed by atoms with Crippen LogP contribution in [0.15, 0.2) is 46.8 Å². The molecule has 28 heavy (non-hydrogen) atoms. The zero-order valence-electron chi connectivity index (χ0n) is 15.4. The van der Waals surface area contributed by atoms with Crippen molar-refractivity contribution in [2.24, 2.45) is 0 Å². The largest absolute Gasteiger partial charge is 0.496 e. The molecule has 0 unspecified atom stereocenters. The van der Waals surface area contributed by atoms with Crippen molar-refractivity contribution in [3.05, 3.63) is 53.0 Å². The molecule has 0 aliphatic carbocycles. The van der Waals surface area contributed by atoms with Gasteiger partial charge in [0.1, 0.15) is 16.8 Å². The summed E-state index contributed by atoms with van der Waals surface area (Å²) in [6.45, 7) is 1.87. The van der Waals surface area contributed by atoms with Crippen LogP contribution in [0.4, 0.5) is 5.13 Å². The zero-order chi connectivity index (χ0) is 19.9. The summed E-state index contributed by atoms with van der Waals surface area (Å²) >= 11 is 2.77. The minimum Gasteiger partial charge on any atom is -0.496 e. The molecule has 2 aromatic heterocycles. The number of nitrogens with zero attached hydrogens (tertiary/aromatic N) is 3. The third kappa shape index (κ3) is 4.88. The standard InChI is InChI=1S/C20H18N4O2S2/c1-13-7-8-14(11-21)19(22-13)27-10-9-18(25)24-20-23-16(12-28-20)15-5-3-4-6-17(15)26-2/h3-8,12H,9-10H2,1-2H3,(H,23,24,25). The number of amides is 1. The zero-order valence-corrected chi connectivity index (χ0v) is 17.1. The second-order valence-electron chi connectivity index (χ2n) is 5.80. The molecule has 1 aromatic carbocycles. The van der Waals surface area contributed by atoms with Crippen molar-refractivity contribution < 1.29 is 9.53 Å². The van der Waals surface area contributed by atoms with Crippen molar-refractivity contribution in [2.75, 3.05) is 18.2 Å². The number of anilines is 1. The van der Waals surface area contributed by atoms with Gasteiger partial charge in [-0.3, -0.25) is 4.79 Å². The maximum absolute atomic E-state index is 12.2. The van der Waals surface area contributed by atoms with Crippen molar-refractivity contribution in [2.45, 2.75) is 18.4 Å². The molecule has 8 heteroatoms. The molecular weight excluding hydrogens is 392 g/mol. The third-order valence-electron chi connectivity index (χ3n) is 3.82. The van der Waals surface area contributed by atoms with Crippen molar-refractivity contribution in [3.8, 4) is 23.1 Å². The van der Waals surface area contributed by atoms with Gasteiger partial charge in [-0.25, -0.2) is 9.97 Å². The summed E-state index contributed by atoms with van der Waals surface area (Å²) in [6, 6.07) is 13.3. The minimum absolute atomic E-state index is 0.125. The van der Waals surface area contributed by atoms with Crippen LogP contribution in [-0.4, -0.2) is 28.7 Å². The molecule has 1 amide bonds. The summed E-state index contributed by atoms with van der Waals surface area (Å²) < 4.78 is 5.36. The van der Waals surface area contributed by atoms with E-state index in [0.717, 1.165) is 22.7 Å². The number of aryl methyl sites for hydroxylation is 1. The first-order valence-corrected chi connectivity index (χ1v) is 10.4. The number of para-hydroxylation sites is 1. The van der Waals surface area contributed by atoms with Gasteiger partial charge in [0.05, 0.1) is 18.4 Å². The Morgan fingerprint density at radius 1 is 1.29 bits per heavy atom. The molecule has 0 fully saturated rings. The highest BCUT2D eigenvalue weighted by Gasteiger charge is 2.12. The van der Waals surface area contributed by atoms with Crippen LogP contribution in [0.1, 0.15) is 17.7 Å². The quantitative estimate of drug-likeness (QED) is 0.577. The van der Waals surface area contributed by atoms with E-state index in [1.54, 1.807) is 19.2 Å². The van der Waals surface area contributed by atoms with Crippen molar-refractivity contribution in [1.29, 1.82) is 5.26 Å². The van der Waals surface area contributed by atoms with Crippen LogP contribution in [0.25, 0.3) is 11.3 Å². The second kappa shape index (κ2) is 9.35. The van der Waals surface area contributed by atoms with Gasteiger partial charge in [-0.05, 0) is 31.2 Å². The lowest BCUT2D eigenvalue weighted by Gasteiger charge is -2.05. The molecule has 0 bridgehead atoms. The van der Waals surface area contributed by atoms with E-state index in [0.29, 0.717) is 27.9 Å². The molecule has 0 spiro atoms. The van der Waals surface area contributed by atoms with Gasteiger partial charge in [0.2, 0.25) is 5.91 Å². The number of ether oxygens (including phenoxy) is 1. The fourth-order valence-corrected chi connectivity index (χ4v) is 4.15. The number of thiazole rings is 1. The number of aromatic nitrogens is 2. The lowest BCUT2D eigenvalue weighted by molar-refractivity contribution is -0.115. The van der Waals surface area contributed by atoms with E-state index in [9.17, 15) is 4.79 Å². The van der Waals surface area contributed by atoms with E-state index in [1.165, 1.54) is 23.1 Å². The summed E-state index contributed by atoms with van der Waals surface area (Å²) in [5.74, 6) is 1.14. The maximum Gasteiger partial charge on any atom is 0.226 e. The smallest absolute Gasteiger partial charge is 0.226 e. The second-order valence-corrected chi connectivity index (χ2v) is 7.74. The van der Waals surface area contributed by atoms with Gasteiger partial charge in [-0.1, -0.05) is 12.1 Å². The molecule has 0 radical (unpaired) electrons. The molecule has 0 aliphatic heterocycles. The Morgan fingerprint density at radius 3 is 2.89 bits per heavy atom. The number of methoxy groups -OCH3 is 1. The van der Waals surface area contributed by atoms with Gasteiger partial charge in [0.15, 0.2) is 5.13 Å². The lowest BCUT2D eigenvalue weighted by Crippen LogP contribution is -2.12. The Balaban J connectivity index is 1.57. The van der Waals surface area contributed by atoms with Crippen LogP contribution in [0.5, 0.6) is 5.75 Å². The predicted octanol–water partition coefficient (Wildman–Crippen LogP) is 4.51. The normalized spacial score (nSPS) is 10.3. The maximum atomic E-state index is 12.2. The predicted molar refractivity (Wildman–Crippen MR) is 112 cm³/mol. The molecule has 3 aromatic rings. The van der Waals surface area contributed by atoms with Crippen LogP contribution in [0, 0.1) is 18.3 Å². The number of carbonyl (C=O) groups excluding carboxylic acids is 1. The average Bonchev–Trinajstić information content (AvgIpc) is 3.16. The van der Waals surface area contributed by atoms with Gasteiger partial charge in [0, 0.05) is 28.8 Å². The Hall–Kier alpha value is -2.89. The molecule has 1 N–H and O–H groups in total. The number of benzene rings is 1. The summed E-state index contributed by atoms with van der Waals surface area (Å²) in [4.78, 5) is 21.1. The van der Waals surface area contributed by atoms with Gasteiger partial charge >= 0.3 is 0 Å². The van der Waals surface area contributed by atoms with Crippen LogP contribution in [0.3, 0.4) is 0 Å². The van der Waals surface area contributed by atoms with Crippen molar-refractivity contribution in [1.82, 2.24) is 9.97 Å². The Labute approximate surface area is 171 Å². The fraction of sp³-hybridized carbons (Fsp3) is 0.200. The highest BCUT2D eigenvalue weighted by molar-refractivity contribution is 7.99. The SMILES string of the molecule is COc1ccccc1-c1csc(NC(=O)CCSc2nc(C)ccc2C#N)n1. The summed E-state index contributed by atoms with van der Waals surface area (Å²) in [5, 5.41) is 15.1. The summed E-state index contributed by atoms with van der Waals surface area (Å²) in [7, 11) is 1.62. The number of nitrogens with one attached hydrogen (secondary N) is 1. The van der Waals surface area contributed by atoms with E-state index in [-0.39, 0.29) is 5.91 Å². The molecule has 142 valence electrons. The first kappa shape index (κ1) is 19.9. The number of carbonyl (C=O) groups is 1. The fourth-order valence-electron chi connectivity index (χ4n) is 2.46. The molecule has 0 saturated heterocycles. The summed E-state index contributed by atoms with van der Waals surface area (Å²) in [6.07, 6.45) is 0.300. The average molecular weight is 411 g/mol. The minimum atomic E-state index is -0.125. The van der Waals surface area contributed by atoms with E-state index in [4.69, 9.17) is 10.00 Å². The third-order valence-corrected chi connectivity index (χ3v) is 5.57. The molecule has 6 nitrogen and oxygen atoms in total. The molecular formula is C20H18N4O2S2. The van der Waals surface area contributed by atoms with Gasteiger partial charge < -0.3 is 10.1 Å². The van der Waals surface area contributed by atoms with E-state index in [2.05, 4.69) is 21.4 Å². The van der Waals surface area contributed by atoms with E-state index >= 15 is 0 Å². The Morgan fingerprint density at radius 2 is 2.11 bits per heavy atom. The van der Waals surface area contributed by atoms with Crippen molar-refractivity contribution in [3.63, 3.8) is 0 Å². The van der Waals surface area contributed by atoms with E-state index in [1.807, 2.05) is 36.6 Å². The van der Waals surface area contributed by atoms with Gasteiger partial charge in [0.25, 0.3) is 0 Å². The van der Waals surface area contributed by atoms with Gasteiger partial charge in [-0.15, -0.1) is 23.1 Å². The van der Waals surface area contributed by atoms with Crippen LogP contribution in [0.2, 0.25) is 0 Å². The molecule has 0 aliphatic rings. The molecule has 2 heterocycles. The lowest BCUT2D eigenvalue weighted by atomic mass is 10.1. The first-order valence-electron chi connectivity index (χ1n) is 8.50. The molecule has 0 saturated carbocycles. The van der Waals surface area contributed by atoms with Crippen LogP contribution in [-0.2, 0) is 4.79 Å². The Bertz CT molecular complexity index is 1030.